The summed E-state index contributed by atoms with van der Waals surface area (Å²) in [6.45, 7) is 3.20. The minimum Gasteiger partial charge on any atom is -0.360 e. The Kier molecular flexibility index (Phi) is 4.51. The van der Waals surface area contributed by atoms with Gasteiger partial charge < -0.3 is 9.84 Å². The molecule has 0 spiro atoms. The average molecular weight is 323 g/mol. The first-order chi connectivity index (χ1) is 10.3. The van der Waals surface area contributed by atoms with E-state index < -0.39 is 15.9 Å². The van der Waals surface area contributed by atoms with Crippen LogP contribution in [0.5, 0.6) is 0 Å². The Labute approximate surface area is 129 Å². The monoisotopic (exact) mass is 323 g/mol. The number of nitrogens with one attached hydrogen (secondary N) is 1. The number of hydrogen-bond acceptors (Lipinski definition) is 5. The molecule has 1 aromatic carbocycles. The van der Waals surface area contributed by atoms with Crippen molar-refractivity contribution in [3.05, 3.63) is 41.7 Å². The number of carbonyl (C=O) groups is 1. The summed E-state index contributed by atoms with van der Waals surface area (Å²) in [5.41, 5.74) is 1.34. The summed E-state index contributed by atoms with van der Waals surface area (Å²) in [5.74, 6) is 0.300. The number of benzene rings is 1. The molecule has 1 amide bonds. The van der Waals surface area contributed by atoms with Crippen molar-refractivity contribution in [3.63, 3.8) is 0 Å². The number of nitrogens with zero attached hydrogens (tertiary/aromatic N) is 2. The predicted octanol–water partition coefficient (Wildman–Crippen LogP) is 1.70. The highest BCUT2D eigenvalue weighted by atomic mass is 32.2. The van der Waals surface area contributed by atoms with E-state index in [0.717, 1.165) is 16.1 Å². The molecule has 22 heavy (non-hydrogen) atoms. The average Bonchev–Trinajstić information content (AvgIpc) is 2.80. The molecule has 0 bridgehead atoms. The van der Waals surface area contributed by atoms with E-state index in [-0.39, 0.29) is 12.4 Å². The lowest BCUT2D eigenvalue weighted by Crippen LogP contribution is -2.37. The van der Waals surface area contributed by atoms with E-state index >= 15 is 0 Å². The third-order valence-electron chi connectivity index (χ3n) is 2.87. The number of hydrogen-bond donors (Lipinski definition) is 1. The van der Waals surface area contributed by atoms with Gasteiger partial charge in [0.1, 0.15) is 12.3 Å². The second kappa shape index (κ2) is 6.18. The fourth-order valence-electron chi connectivity index (χ4n) is 1.92. The minimum absolute atomic E-state index is 0.250. The first-order valence-electron chi connectivity index (χ1n) is 6.53. The zero-order valence-electron chi connectivity index (χ0n) is 12.5. The third kappa shape index (κ3) is 4.08. The van der Waals surface area contributed by atoms with E-state index in [1.165, 1.54) is 0 Å². The van der Waals surface area contributed by atoms with Crippen LogP contribution >= 0.6 is 0 Å². The van der Waals surface area contributed by atoms with Crippen LogP contribution in [0.2, 0.25) is 0 Å². The van der Waals surface area contributed by atoms with Crippen LogP contribution in [-0.2, 0) is 14.8 Å². The normalized spacial score (nSPS) is 11.2. The molecule has 1 N–H and O–H groups in total. The van der Waals surface area contributed by atoms with Gasteiger partial charge in [-0.05, 0) is 31.5 Å². The highest BCUT2D eigenvalue weighted by Crippen LogP contribution is 2.19. The summed E-state index contributed by atoms with van der Waals surface area (Å²) in [5, 5.41) is 6.14. The van der Waals surface area contributed by atoms with Crippen molar-refractivity contribution >= 4 is 27.4 Å². The van der Waals surface area contributed by atoms with E-state index in [1.54, 1.807) is 31.2 Å². The topological polar surface area (TPSA) is 92.5 Å². The van der Waals surface area contributed by atoms with Crippen molar-refractivity contribution in [3.8, 4) is 0 Å². The van der Waals surface area contributed by atoms with Crippen LogP contribution in [0.1, 0.15) is 11.3 Å². The van der Waals surface area contributed by atoms with Crippen molar-refractivity contribution in [1.29, 1.82) is 0 Å². The van der Waals surface area contributed by atoms with Crippen LogP contribution in [0, 0.1) is 13.8 Å². The maximum atomic E-state index is 12.0. The Hall–Kier alpha value is -2.35. The predicted molar refractivity (Wildman–Crippen MR) is 83.2 cm³/mol. The summed E-state index contributed by atoms with van der Waals surface area (Å²) in [6.07, 6.45) is 1.06. The van der Waals surface area contributed by atoms with Crippen molar-refractivity contribution in [2.75, 3.05) is 22.4 Å². The Bertz CT molecular complexity index is 783. The molecule has 2 aromatic rings. The van der Waals surface area contributed by atoms with Crippen molar-refractivity contribution in [2.45, 2.75) is 13.8 Å². The molecule has 1 aromatic heterocycles. The fourth-order valence-corrected chi connectivity index (χ4v) is 2.77. The van der Waals surface area contributed by atoms with Crippen LogP contribution < -0.4 is 9.62 Å². The summed E-state index contributed by atoms with van der Waals surface area (Å²) in [4.78, 5) is 12.0. The number of sulfonamides is 1. The van der Waals surface area contributed by atoms with Crippen LogP contribution in [0.25, 0.3) is 0 Å². The minimum atomic E-state index is -3.59. The number of aryl methyl sites for hydroxylation is 2. The highest BCUT2D eigenvalue weighted by Gasteiger charge is 2.21. The van der Waals surface area contributed by atoms with Gasteiger partial charge in [-0.2, -0.15) is 0 Å². The maximum Gasteiger partial charge on any atom is 0.246 e. The molecule has 8 heteroatoms. The highest BCUT2D eigenvalue weighted by molar-refractivity contribution is 7.92. The van der Waals surface area contributed by atoms with Crippen LogP contribution in [0.3, 0.4) is 0 Å². The van der Waals surface area contributed by atoms with E-state index in [2.05, 4.69) is 10.5 Å². The largest absolute Gasteiger partial charge is 0.360 e. The number of anilines is 2. The van der Waals surface area contributed by atoms with E-state index in [4.69, 9.17) is 4.52 Å². The molecule has 0 radical (unpaired) electrons. The number of carbonyl (C=O) groups excluding carboxylic acids is 1. The lowest BCUT2D eigenvalue weighted by Gasteiger charge is -2.21. The first-order valence-corrected chi connectivity index (χ1v) is 8.38. The second-order valence-electron chi connectivity index (χ2n) is 4.98. The van der Waals surface area contributed by atoms with Crippen LogP contribution in [0.15, 0.2) is 34.9 Å². The smallest absolute Gasteiger partial charge is 0.246 e. The third-order valence-corrected chi connectivity index (χ3v) is 4.01. The van der Waals surface area contributed by atoms with Gasteiger partial charge in [0.2, 0.25) is 15.9 Å². The van der Waals surface area contributed by atoms with E-state index in [1.807, 2.05) is 13.0 Å². The molecule has 0 aliphatic rings. The zero-order chi connectivity index (χ0) is 16.3. The first kappa shape index (κ1) is 16.0. The molecule has 0 fully saturated rings. The Morgan fingerprint density at radius 3 is 2.59 bits per heavy atom. The van der Waals surface area contributed by atoms with Crippen molar-refractivity contribution < 1.29 is 17.7 Å². The summed E-state index contributed by atoms with van der Waals surface area (Å²) < 4.78 is 29.8. The number of rotatable bonds is 5. The van der Waals surface area contributed by atoms with Gasteiger partial charge in [0.25, 0.3) is 0 Å². The number of amides is 1. The quantitative estimate of drug-likeness (QED) is 0.904. The molecule has 2 rings (SSSR count). The molecule has 0 aliphatic carbocycles. The molecular formula is C14H17N3O4S. The van der Waals surface area contributed by atoms with Gasteiger partial charge in [-0.3, -0.25) is 9.10 Å². The van der Waals surface area contributed by atoms with Gasteiger partial charge >= 0.3 is 0 Å². The summed E-state index contributed by atoms with van der Waals surface area (Å²) in [6, 6.07) is 8.48. The van der Waals surface area contributed by atoms with Crippen molar-refractivity contribution in [2.24, 2.45) is 0 Å². The van der Waals surface area contributed by atoms with Gasteiger partial charge in [-0.1, -0.05) is 17.3 Å². The van der Waals surface area contributed by atoms with Gasteiger partial charge in [0, 0.05) is 6.07 Å². The molecular weight excluding hydrogens is 306 g/mol. The molecule has 7 nitrogen and oxygen atoms in total. The van der Waals surface area contributed by atoms with Gasteiger partial charge in [-0.25, -0.2) is 8.42 Å². The lowest BCUT2D eigenvalue weighted by atomic mass is 10.2. The Morgan fingerprint density at radius 1 is 1.32 bits per heavy atom. The fraction of sp³-hybridized carbons (Fsp3) is 0.286. The van der Waals surface area contributed by atoms with Gasteiger partial charge in [0.05, 0.1) is 11.9 Å². The van der Waals surface area contributed by atoms with Crippen molar-refractivity contribution in [1.82, 2.24) is 5.16 Å². The van der Waals surface area contributed by atoms with E-state index in [9.17, 15) is 13.2 Å². The molecule has 0 unspecified atom stereocenters. The number of aromatic nitrogens is 1. The van der Waals surface area contributed by atoms with Gasteiger partial charge in [0.15, 0.2) is 5.82 Å². The summed E-state index contributed by atoms with van der Waals surface area (Å²) in [7, 11) is -3.59. The molecule has 0 saturated carbocycles. The maximum absolute atomic E-state index is 12.0. The van der Waals surface area contributed by atoms with Gasteiger partial charge in [-0.15, -0.1) is 0 Å². The van der Waals surface area contributed by atoms with E-state index in [0.29, 0.717) is 11.4 Å². The molecule has 1 heterocycles. The molecule has 0 saturated heterocycles. The SMILES string of the molecule is Cc1cccc(N(CC(=O)Nc2cc(C)on2)S(C)(=O)=O)c1. The standard InChI is InChI=1S/C14H17N3O4S/c1-10-5-4-6-12(7-10)17(22(3,19)20)9-14(18)15-13-8-11(2)21-16-13/h4-8H,9H2,1-3H3,(H,15,16,18). The lowest BCUT2D eigenvalue weighted by molar-refractivity contribution is -0.114. The Balaban J connectivity index is 2.19. The van der Waals surface area contributed by atoms with Crippen LogP contribution in [0.4, 0.5) is 11.5 Å². The second-order valence-corrected chi connectivity index (χ2v) is 6.89. The molecule has 0 atom stereocenters. The zero-order valence-corrected chi connectivity index (χ0v) is 13.3. The Morgan fingerprint density at radius 2 is 2.05 bits per heavy atom. The van der Waals surface area contributed by atoms with Crippen LogP contribution in [-0.4, -0.2) is 32.3 Å². The molecule has 118 valence electrons. The molecule has 0 aliphatic heterocycles. The summed E-state index contributed by atoms with van der Waals surface area (Å²) >= 11 is 0.